The Morgan fingerprint density at radius 3 is 2.67 bits per heavy atom. The average Bonchev–Trinajstić information content (AvgIpc) is 2.69. The third-order valence-electron chi connectivity index (χ3n) is 4.25. The lowest BCUT2D eigenvalue weighted by Gasteiger charge is -2.12. The van der Waals surface area contributed by atoms with Crippen molar-refractivity contribution in [2.75, 3.05) is 0 Å². The molecule has 0 unspecified atom stereocenters. The number of benzene rings is 1. The van der Waals surface area contributed by atoms with Gasteiger partial charge in [-0.1, -0.05) is 12.1 Å². The zero-order chi connectivity index (χ0) is 18.8. The van der Waals surface area contributed by atoms with Crippen LogP contribution in [0.25, 0.3) is 16.7 Å². The summed E-state index contributed by atoms with van der Waals surface area (Å²) >= 11 is 0. The first kappa shape index (κ1) is 16.6. The first-order valence-electron chi connectivity index (χ1n) is 8.27. The maximum absolute atomic E-state index is 13.2. The molecule has 0 bridgehead atoms. The molecule has 0 saturated heterocycles. The van der Waals surface area contributed by atoms with Gasteiger partial charge in [-0.2, -0.15) is 0 Å². The highest BCUT2D eigenvalue weighted by molar-refractivity contribution is 5.77. The second-order valence-electron chi connectivity index (χ2n) is 6.04. The summed E-state index contributed by atoms with van der Waals surface area (Å²) in [5.41, 5.74) is 1.99. The van der Waals surface area contributed by atoms with Gasteiger partial charge in [-0.25, -0.2) is 4.98 Å². The van der Waals surface area contributed by atoms with E-state index in [1.807, 2.05) is 24.3 Å². The third-order valence-corrected chi connectivity index (χ3v) is 4.25. The zero-order valence-corrected chi connectivity index (χ0v) is 14.1. The monoisotopic (exact) mass is 358 g/mol. The molecule has 0 N–H and O–H groups in total. The van der Waals surface area contributed by atoms with E-state index in [0.717, 1.165) is 10.9 Å². The lowest BCUT2D eigenvalue weighted by molar-refractivity contribution is -0.384. The van der Waals surface area contributed by atoms with Gasteiger partial charge in [0.1, 0.15) is 5.65 Å². The van der Waals surface area contributed by atoms with Crippen molar-refractivity contribution < 1.29 is 4.92 Å². The molecule has 0 aliphatic carbocycles. The van der Waals surface area contributed by atoms with Gasteiger partial charge in [0.15, 0.2) is 0 Å². The predicted molar refractivity (Wildman–Crippen MR) is 101 cm³/mol. The van der Waals surface area contributed by atoms with Gasteiger partial charge in [-0.3, -0.25) is 24.5 Å². The molecule has 0 saturated carbocycles. The minimum Gasteiger partial charge on any atom is -0.269 e. The Bertz CT molecular complexity index is 1200. The smallest absolute Gasteiger partial charge is 0.269 e. The molecule has 0 aliphatic heterocycles. The van der Waals surface area contributed by atoms with Crippen molar-refractivity contribution in [1.82, 2.24) is 14.5 Å². The molecular weight excluding hydrogens is 344 g/mol. The number of rotatable bonds is 4. The average molecular weight is 358 g/mol. The van der Waals surface area contributed by atoms with Crippen molar-refractivity contribution in [2.45, 2.75) is 6.42 Å². The quantitative estimate of drug-likeness (QED) is 0.412. The first-order chi connectivity index (χ1) is 13.1. The zero-order valence-electron chi connectivity index (χ0n) is 14.1. The fourth-order valence-corrected chi connectivity index (χ4v) is 3.03. The Balaban J connectivity index is 1.96. The summed E-state index contributed by atoms with van der Waals surface area (Å²) in [5, 5.41) is 11.9. The number of nitro groups is 1. The summed E-state index contributed by atoms with van der Waals surface area (Å²) in [7, 11) is 0. The van der Waals surface area contributed by atoms with Crippen LogP contribution in [-0.4, -0.2) is 19.5 Å². The lowest BCUT2D eigenvalue weighted by Crippen LogP contribution is -2.23. The molecule has 0 amide bonds. The van der Waals surface area contributed by atoms with Crippen molar-refractivity contribution in [2.24, 2.45) is 0 Å². The number of hydrogen-bond acceptors (Lipinski definition) is 5. The van der Waals surface area contributed by atoms with E-state index in [2.05, 4.69) is 9.97 Å². The number of aromatic nitrogens is 3. The van der Waals surface area contributed by atoms with Gasteiger partial charge in [0.05, 0.1) is 10.6 Å². The largest absolute Gasteiger partial charge is 0.271 e. The number of pyridine rings is 3. The highest BCUT2D eigenvalue weighted by Gasteiger charge is 2.15. The predicted octanol–water partition coefficient (Wildman–Crippen LogP) is 3.28. The molecule has 3 aromatic heterocycles. The van der Waals surface area contributed by atoms with E-state index in [-0.39, 0.29) is 11.2 Å². The van der Waals surface area contributed by atoms with E-state index in [9.17, 15) is 14.9 Å². The topological polar surface area (TPSA) is 90.9 Å². The third kappa shape index (κ3) is 3.18. The molecule has 7 nitrogen and oxygen atoms in total. The summed E-state index contributed by atoms with van der Waals surface area (Å²) in [4.78, 5) is 32.3. The van der Waals surface area contributed by atoms with Crippen LogP contribution in [0.4, 0.5) is 5.69 Å². The number of nitrogens with zero attached hydrogens (tertiary/aromatic N) is 4. The van der Waals surface area contributed by atoms with Crippen LogP contribution in [0.2, 0.25) is 0 Å². The summed E-state index contributed by atoms with van der Waals surface area (Å²) in [6.45, 7) is 0. The van der Waals surface area contributed by atoms with E-state index >= 15 is 0 Å². The van der Waals surface area contributed by atoms with Gasteiger partial charge in [-0.05, 0) is 35.9 Å². The lowest BCUT2D eigenvalue weighted by atomic mass is 10.1. The maximum Gasteiger partial charge on any atom is 0.271 e. The maximum atomic E-state index is 13.2. The van der Waals surface area contributed by atoms with Gasteiger partial charge >= 0.3 is 0 Å². The van der Waals surface area contributed by atoms with Crippen LogP contribution < -0.4 is 5.56 Å². The Morgan fingerprint density at radius 1 is 1.04 bits per heavy atom. The number of hydrogen-bond donors (Lipinski definition) is 0. The van der Waals surface area contributed by atoms with Gasteiger partial charge in [0, 0.05) is 48.1 Å². The van der Waals surface area contributed by atoms with Gasteiger partial charge in [0.2, 0.25) is 0 Å². The van der Waals surface area contributed by atoms with Crippen molar-refractivity contribution >= 4 is 16.7 Å². The summed E-state index contributed by atoms with van der Waals surface area (Å²) < 4.78 is 1.42. The van der Waals surface area contributed by atoms with E-state index in [1.165, 1.54) is 16.7 Å². The molecule has 132 valence electrons. The molecule has 0 atom stereocenters. The highest BCUT2D eigenvalue weighted by Crippen LogP contribution is 2.20. The molecular formula is C20H14N4O3. The Hall–Kier alpha value is -3.87. The molecule has 4 aromatic rings. The SMILES string of the molecule is O=c1c(Cc2cccnc2)cc2cccnc2n1-c1cccc([N+](=O)[O-])c1. The second-order valence-corrected chi connectivity index (χ2v) is 6.04. The summed E-state index contributed by atoms with van der Waals surface area (Å²) in [6, 6.07) is 15.2. The molecule has 4 rings (SSSR count). The van der Waals surface area contributed by atoms with Gasteiger partial charge < -0.3 is 0 Å². The molecule has 0 aliphatic rings. The fourth-order valence-electron chi connectivity index (χ4n) is 3.03. The second kappa shape index (κ2) is 6.80. The van der Waals surface area contributed by atoms with Gasteiger partial charge in [0.25, 0.3) is 11.2 Å². The standard InChI is InChI=1S/C20H14N4O3/c25-20-16(10-14-4-2-8-21-13-14)11-15-5-3-9-22-19(15)23(20)17-6-1-7-18(12-17)24(26)27/h1-9,11-13H,10H2. The minimum absolute atomic E-state index is 0.0823. The first-order valence-corrected chi connectivity index (χ1v) is 8.27. The Morgan fingerprint density at radius 2 is 1.89 bits per heavy atom. The molecule has 1 aromatic carbocycles. The number of non-ortho nitro benzene ring substituents is 1. The number of nitro benzene ring substituents is 1. The molecule has 27 heavy (non-hydrogen) atoms. The summed E-state index contributed by atoms with van der Waals surface area (Å²) in [5.74, 6) is 0. The van der Waals surface area contributed by atoms with Crippen molar-refractivity contribution in [1.29, 1.82) is 0 Å². The normalized spacial score (nSPS) is 10.8. The molecule has 0 fully saturated rings. The summed E-state index contributed by atoms with van der Waals surface area (Å²) in [6.07, 6.45) is 5.39. The van der Waals surface area contributed by atoms with Crippen LogP contribution >= 0.6 is 0 Å². The number of fused-ring (bicyclic) bond motifs is 1. The van der Waals surface area contributed by atoms with Crippen LogP contribution in [0.15, 0.2) is 78.0 Å². The Labute approximate surface area is 153 Å². The van der Waals surface area contributed by atoms with Crippen LogP contribution in [-0.2, 0) is 6.42 Å². The van der Waals surface area contributed by atoms with E-state index < -0.39 is 4.92 Å². The van der Waals surface area contributed by atoms with Gasteiger partial charge in [-0.15, -0.1) is 0 Å². The van der Waals surface area contributed by atoms with Crippen molar-refractivity contribution in [3.63, 3.8) is 0 Å². The molecule has 3 heterocycles. The minimum atomic E-state index is -0.482. The highest BCUT2D eigenvalue weighted by atomic mass is 16.6. The molecule has 7 heteroatoms. The van der Waals surface area contributed by atoms with Crippen LogP contribution in [0.5, 0.6) is 0 Å². The van der Waals surface area contributed by atoms with E-state index in [0.29, 0.717) is 23.3 Å². The Kier molecular flexibility index (Phi) is 4.18. The van der Waals surface area contributed by atoms with E-state index in [1.54, 1.807) is 36.8 Å². The van der Waals surface area contributed by atoms with Crippen LogP contribution in [0, 0.1) is 10.1 Å². The fraction of sp³-hybridized carbons (Fsp3) is 0.0500. The van der Waals surface area contributed by atoms with Crippen LogP contribution in [0.3, 0.4) is 0 Å². The van der Waals surface area contributed by atoms with Crippen molar-refractivity contribution in [3.05, 3.63) is 105 Å². The van der Waals surface area contributed by atoms with Crippen molar-refractivity contribution in [3.8, 4) is 5.69 Å². The molecule has 0 radical (unpaired) electrons. The molecule has 0 spiro atoms. The van der Waals surface area contributed by atoms with Crippen LogP contribution in [0.1, 0.15) is 11.1 Å². The van der Waals surface area contributed by atoms with E-state index in [4.69, 9.17) is 0 Å².